The summed E-state index contributed by atoms with van der Waals surface area (Å²) in [4.78, 5) is 0. The first-order valence-corrected chi connectivity index (χ1v) is 9.23. The first kappa shape index (κ1) is 15.3. The van der Waals surface area contributed by atoms with Crippen molar-refractivity contribution in [2.24, 2.45) is 23.7 Å². The van der Waals surface area contributed by atoms with Gasteiger partial charge in [-0.15, -0.1) is 0 Å². The standard InChI is InChI=1S/C14H27NO3S/c1-3-4-10(2)9-19(17,18)15-14-12-6-5-11(7-12)13(14)8-16/h10-16H,3-9H2,1-2H3. The van der Waals surface area contributed by atoms with E-state index in [0.29, 0.717) is 11.8 Å². The van der Waals surface area contributed by atoms with Gasteiger partial charge in [-0.25, -0.2) is 13.1 Å². The summed E-state index contributed by atoms with van der Waals surface area (Å²) in [5.41, 5.74) is 0. The lowest BCUT2D eigenvalue weighted by Gasteiger charge is -2.30. The number of aliphatic hydroxyl groups excluding tert-OH is 1. The molecule has 2 saturated carbocycles. The van der Waals surface area contributed by atoms with Crippen molar-refractivity contribution in [3.05, 3.63) is 0 Å². The molecule has 0 amide bonds. The second-order valence-electron chi connectivity index (χ2n) is 6.50. The molecule has 0 radical (unpaired) electrons. The molecular formula is C14H27NO3S. The highest BCUT2D eigenvalue weighted by Gasteiger charge is 2.48. The molecule has 0 spiro atoms. The summed E-state index contributed by atoms with van der Waals surface area (Å²) in [5, 5.41) is 9.49. The molecule has 19 heavy (non-hydrogen) atoms. The second kappa shape index (κ2) is 6.10. The van der Waals surface area contributed by atoms with Crippen LogP contribution in [0.4, 0.5) is 0 Å². The van der Waals surface area contributed by atoms with E-state index in [4.69, 9.17) is 0 Å². The van der Waals surface area contributed by atoms with Crippen molar-refractivity contribution in [1.82, 2.24) is 4.72 Å². The predicted octanol–water partition coefficient (Wildman–Crippen LogP) is 1.75. The van der Waals surface area contributed by atoms with Crippen LogP contribution < -0.4 is 4.72 Å². The zero-order chi connectivity index (χ0) is 14.0. The van der Waals surface area contributed by atoms with E-state index in [2.05, 4.69) is 11.6 Å². The molecule has 2 fully saturated rings. The number of sulfonamides is 1. The Balaban J connectivity index is 1.96. The fourth-order valence-electron chi connectivity index (χ4n) is 4.06. The van der Waals surface area contributed by atoms with Crippen molar-refractivity contribution in [3.8, 4) is 0 Å². The Labute approximate surface area is 117 Å². The second-order valence-corrected chi connectivity index (χ2v) is 8.30. The average Bonchev–Trinajstić information content (AvgIpc) is 2.88. The van der Waals surface area contributed by atoms with Crippen LogP contribution in [0.15, 0.2) is 0 Å². The van der Waals surface area contributed by atoms with Crippen LogP contribution in [0.3, 0.4) is 0 Å². The highest BCUT2D eigenvalue weighted by atomic mass is 32.2. The van der Waals surface area contributed by atoms with Crippen LogP contribution >= 0.6 is 0 Å². The van der Waals surface area contributed by atoms with Crippen molar-refractivity contribution in [3.63, 3.8) is 0 Å². The predicted molar refractivity (Wildman–Crippen MR) is 76.2 cm³/mol. The fraction of sp³-hybridized carbons (Fsp3) is 1.00. The van der Waals surface area contributed by atoms with Gasteiger partial charge in [-0.1, -0.05) is 20.3 Å². The van der Waals surface area contributed by atoms with E-state index < -0.39 is 10.0 Å². The van der Waals surface area contributed by atoms with Crippen LogP contribution in [0.1, 0.15) is 46.0 Å². The number of hydrogen-bond donors (Lipinski definition) is 2. The quantitative estimate of drug-likeness (QED) is 0.750. The third-order valence-electron chi connectivity index (χ3n) is 4.90. The largest absolute Gasteiger partial charge is 0.396 e. The molecule has 0 aromatic heterocycles. The van der Waals surface area contributed by atoms with Gasteiger partial charge < -0.3 is 5.11 Å². The molecule has 2 rings (SSSR count). The van der Waals surface area contributed by atoms with Gasteiger partial charge in [0.1, 0.15) is 0 Å². The number of nitrogens with one attached hydrogen (secondary N) is 1. The maximum atomic E-state index is 12.2. The zero-order valence-electron chi connectivity index (χ0n) is 12.0. The molecule has 5 unspecified atom stereocenters. The summed E-state index contributed by atoms with van der Waals surface area (Å²) in [7, 11) is -3.21. The molecule has 5 heteroatoms. The highest BCUT2D eigenvalue weighted by Crippen LogP contribution is 2.48. The molecule has 112 valence electrons. The van der Waals surface area contributed by atoms with Gasteiger partial charge in [-0.3, -0.25) is 0 Å². The summed E-state index contributed by atoms with van der Waals surface area (Å²) in [6, 6.07) is -0.0254. The van der Waals surface area contributed by atoms with Gasteiger partial charge >= 0.3 is 0 Å². The van der Waals surface area contributed by atoms with Gasteiger partial charge in [0, 0.05) is 18.6 Å². The molecule has 2 aliphatic rings. The van der Waals surface area contributed by atoms with E-state index in [1.807, 2.05) is 6.92 Å². The third-order valence-corrected chi connectivity index (χ3v) is 6.54. The number of rotatable bonds is 7. The van der Waals surface area contributed by atoms with Crippen molar-refractivity contribution < 1.29 is 13.5 Å². The van der Waals surface area contributed by atoms with E-state index in [-0.39, 0.29) is 30.2 Å². The molecule has 0 aromatic rings. The van der Waals surface area contributed by atoms with Gasteiger partial charge in [-0.05, 0) is 43.4 Å². The summed E-state index contributed by atoms with van der Waals surface area (Å²) >= 11 is 0. The van der Waals surface area contributed by atoms with E-state index in [1.54, 1.807) is 0 Å². The minimum atomic E-state index is -3.21. The number of hydrogen-bond acceptors (Lipinski definition) is 3. The van der Waals surface area contributed by atoms with Crippen LogP contribution in [0.2, 0.25) is 0 Å². The summed E-state index contributed by atoms with van der Waals surface area (Å²) in [6.07, 6.45) is 5.31. The molecule has 0 saturated heterocycles. The van der Waals surface area contributed by atoms with Crippen LogP contribution in [0.25, 0.3) is 0 Å². The minimum absolute atomic E-state index is 0.0254. The monoisotopic (exact) mass is 289 g/mol. The van der Waals surface area contributed by atoms with Crippen LogP contribution in [-0.4, -0.2) is 31.9 Å². The van der Waals surface area contributed by atoms with Crippen molar-refractivity contribution in [1.29, 1.82) is 0 Å². The normalized spacial score (nSPS) is 35.7. The lowest BCUT2D eigenvalue weighted by molar-refractivity contribution is 0.153. The summed E-state index contributed by atoms with van der Waals surface area (Å²) < 4.78 is 27.3. The molecular weight excluding hydrogens is 262 g/mol. The van der Waals surface area contributed by atoms with Crippen LogP contribution in [0, 0.1) is 23.7 Å². The van der Waals surface area contributed by atoms with Gasteiger partial charge in [-0.2, -0.15) is 0 Å². The molecule has 4 nitrogen and oxygen atoms in total. The number of fused-ring (bicyclic) bond motifs is 2. The van der Waals surface area contributed by atoms with Crippen LogP contribution in [0.5, 0.6) is 0 Å². The first-order chi connectivity index (χ1) is 8.96. The Morgan fingerprint density at radius 1 is 1.32 bits per heavy atom. The Hall–Kier alpha value is -0.130. The first-order valence-electron chi connectivity index (χ1n) is 7.57. The van der Waals surface area contributed by atoms with Crippen molar-refractivity contribution in [2.45, 2.75) is 52.0 Å². The maximum Gasteiger partial charge on any atom is 0.212 e. The molecule has 2 bridgehead atoms. The topological polar surface area (TPSA) is 66.4 Å². The Bertz CT molecular complexity index is 395. The summed E-state index contributed by atoms with van der Waals surface area (Å²) in [6.45, 7) is 4.18. The van der Waals surface area contributed by atoms with Gasteiger partial charge in [0.05, 0.1) is 5.75 Å². The molecule has 5 atom stereocenters. The van der Waals surface area contributed by atoms with Gasteiger partial charge in [0.25, 0.3) is 0 Å². The van der Waals surface area contributed by atoms with E-state index in [1.165, 1.54) is 0 Å². The molecule has 2 N–H and O–H groups in total. The SMILES string of the molecule is CCCC(C)CS(=O)(=O)NC1C2CCC(C2)C1CO. The molecule has 0 aromatic carbocycles. The maximum absolute atomic E-state index is 12.2. The molecule has 0 aliphatic heterocycles. The van der Waals surface area contributed by atoms with E-state index in [0.717, 1.165) is 32.1 Å². The van der Waals surface area contributed by atoms with Crippen LogP contribution in [-0.2, 0) is 10.0 Å². The highest BCUT2D eigenvalue weighted by molar-refractivity contribution is 7.89. The zero-order valence-corrected chi connectivity index (χ0v) is 12.8. The third kappa shape index (κ3) is 3.50. The summed E-state index contributed by atoms with van der Waals surface area (Å²) in [5.74, 6) is 1.52. The average molecular weight is 289 g/mol. The van der Waals surface area contributed by atoms with Crippen molar-refractivity contribution in [2.75, 3.05) is 12.4 Å². The Morgan fingerprint density at radius 2 is 2.00 bits per heavy atom. The van der Waals surface area contributed by atoms with Gasteiger partial charge in [0.2, 0.25) is 10.0 Å². The fourth-order valence-corrected chi connectivity index (χ4v) is 5.86. The molecule has 2 aliphatic carbocycles. The lowest BCUT2D eigenvalue weighted by atomic mass is 9.86. The van der Waals surface area contributed by atoms with E-state index in [9.17, 15) is 13.5 Å². The van der Waals surface area contributed by atoms with Gasteiger partial charge in [0.15, 0.2) is 0 Å². The minimum Gasteiger partial charge on any atom is -0.396 e. The number of aliphatic hydroxyl groups is 1. The Morgan fingerprint density at radius 3 is 2.63 bits per heavy atom. The lowest BCUT2D eigenvalue weighted by Crippen LogP contribution is -2.46. The van der Waals surface area contributed by atoms with Crippen molar-refractivity contribution >= 4 is 10.0 Å². The van der Waals surface area contributed by atoms with E-state index >= 15 is 0 Å². The molecule has 0 heterocycles. The smallest absolute Gasteiger partial charge is 0.212 e. The Kier molecular flexibility index (Phi) is 4.90.